The third-order valence-electron chi connectivity index (χ3n) is 1.89. The number of hydrogen-bond donors (Lipinski definition) is 1. The first-order valence-electron chi connectivity index (χ1n) is 4.60. The number of aromatic nitrogens is 1. The molecular weight excluding hydrogens is 212 g/mol. The molecule has 2 aromatic heterocycles. The van der Waals surface area contributed by atoms with Crippen LogP contribution >= 0.6 is 11.3 Å². The number of methoxy groups -OCH3 is 1. The molecule has 0 aliphatic carbocycles. The van der Waals surface area contributed by atoms with Gasteiger partial charge in [-0.05, 0) is 12.1 Å². The van der Waals surface area contributed by atoms with Crippen molar-refractivity contribution in [2.24, 2.45) is 0 Å². The number of thiazole rings is 1. The van der Waals surface area contributed by atoms with Crippen LogP contribution in [-0.4, -0.2) is 12.1 Å². The van der Waals surface area contributed by atoms with Crippen LogP contribution in [0.25, 0.3) is 0 Å². The first-order valence-corrected chi connectivity index (χ1v) is 5.42. The van der Waals surface area contributed by atoms with Gasteiger partial charge in [0, 0.05) is 17.6 Å². The quantitative estimate of drug-likeness (QED) is 0.844. The molecule has 5 heteroatoms. The average Bonchev–Trinajstić information content (AvgIpc) is 2.88. The summed E-state index contributed by atoms with van der Waals surface area (Å²) < 4.78 is 10.2. The highest BCUT2D eigenvalue weighted by Gasteiger charge is 2.01. The molecule has 0 spiro atoms. The van der Waals surface area contributed by atoms with Gasteiger partial charge in [0.2, 0.25) is 0 Å². The van der Waals surface area contributed by atoms with Crippen LogP contribution in [-0.2, 0) is 13.1 Å². The third kappa shape index (κ3) is 2.81. The first kappa shape index (κ1) is 10.2. The van der Waals surface area contributed by atoms with Crippen LogP contribution < -0.4 is 10.1 Å². The molecule has 0 bridgehead atoms. The van der Waals surface area contributed by atoms with Gasteiger partial charge in [0.05, 0.1) is 19.9 Å². The molecule has 0 aliphatic rings. The Bertz CT molecular complexity index is 397. The summed E-state index contributed by atoms with van der Waals surface area (Å²) in [6.07, 6.45) is 3.49. The normalized spacial score (nSPS) is 10.5. The van der Waals surface area contributed by atoms with Crippen molar-refractivity contribution in [3.63, 3.8) is 0 Å². The summed E-state index contributed by atoms with van der Waals surface area (Å²) in [7, 11) is 1.62. The molecular formula is C10H12N2O2S. The first-order chi connectivity index (χ1) is 7.38. The highest BCUT2D eigenvalue weighted by molar-refractivity contribution is 7.13. The molecule has 0 atom stereocenters. The lowest BCUT2D eigenvalue weighted by molar-refractivity contribution is 0.412. The molecule has 0 saturated carbocycles. The Labute approximate surface area is 91.9 Å². The topological polar surface area (TPSA) is 47.3 Å². The number of rotatable bonds is 5. The summed E-state index contributed by atoms with van der Waals surface area (Å²) in [5.74, 6) is 0.937. The predicted molar refractivity (Wildman–Crippen MR) is 57.9 cm³/mol. The van der Waals surface area contributed by atoms with Gasteiger partial charge < -0.3 is 14.5 Å². The van der Waals surface area contributed by atoms with Crippen LogP contribution in [0.2, 0.25) is 0 Å². The van der Waals surface area contributed by atoms with Crippen molar-refractivity contribution in [2.75, 3.05) is 7.11 Å². The lowest BCUT2D eigenvalue weighted by Crippen LogP contribution is -2.10. The molecule has 0 aliphatic heterocycles. The number of hydrogen-bond acceptors (Lipinski definition) is 5. The Hall–Kier alpha value is -1.33. The molecule has 2 heterocycles. The predicted octanol–water partition coefficient (Wildman–Crippen LogP) is 2.03. The van der Waals surface area contributed by atoms with E-state index in [1.54, 1.807) is 24.7 Å². The molecule has 2 aromatic rings. The van der Waals surface area contributed by atoms with Crippen molar-refractivity contribution in [1.82, 2.24) is 10.3 Å². The van der Waals surface area contributed by atoms with E-state index in [1.165, 1.54) is 0 Å². The van der Waals surface area contributed by atoms with Gasteiger partial charge in [-0.2, -0.15) is 0 Å². The minimum absolute atomic E-state index is 0.699. The van der Waals surface area contributed by atoms with Crippen molar-refractivity contribution < 1.29 is 9.15 Å². The maximum atomic E-state index is 5.20. The fourth-order valence-corrected chi connectivity index (χ4v) is 1.88. The Balaban J connectivity index is 1.78. The number of ether oxygens (including phenoxy) is 1. The second-order valence-corrected chi connectivity index (χ2v) is 4.06. The van der Waals surface area contributed by atoms with E-state index in [0.717, 1.165) is 23.7 Å². The van der Waals surface area contributed by atoms with Gasteiger partial charge in [-0.3, -0.25) is 0 Å². The molecule has 0 saturated heterocycles. The van der Waals surface area contributed by atoms with E-state index in [9.17, 15) is 0 Å². The Morgan fingerprint density at radius 1 is 1.53 bits per heavy atom. The average molecular weight is 224 g/mol. The number of nitrogens with zero attached hydrogens (tertiary/aromatic N) is 1. The van der Waals surface area contributed by atoms with Crippen molar-refractivity contribution >= 4 is 11.3 Å². The van der Waals surface area contributed by atoms with Gasteiger partial charge >= 0.3 is 0 Å². The summed E-state index contributed by atoms with van der Waals surface area (Å²) >= 11 is 1.54. The maximum Gasteiger partial charge on any atom is 0.273 e. The van der Waals surface area contributed by atoms with Gasteiger partial charge in [-0.1, -0.05) is 11.3 Å². The second kappa shape index (κ2) is 4.95. The smallest absolute Gasteiger partial charge is 0.273 e. The summed E-state index contributed by atoms with van der Waals surface area (Å²) in [5, 5.41) is 3.96. The Kier molecular flexibility index (Phi) is 3.37. The maximum absolute atomic E-state index is 5.20. The SMILES string of the molecule is COc1ncc(CNCc2ccco2)s1. The molecule has 1 N–H and O–H groups in total. The minimum Gasteiger partial charge on any atom is -0.473 e. The zero-order valence-corrected chi connectivity index (χ0v) is 9.21. The van der Waals surface area contributed by atoms with E-state index in [2.05, 4.69) is 10.3 Å². The zero-order chi connectivity index (χ0) is 10.5. The van der Waals surface area contributed by atoms with Crippen LogP contribution in [0.3, 0.4) is 0 Å². The van der Waals surface area contributed by atoms with Gasteiger partial charge in [-0.15, -0.1) is 0 Å². The summed E-state index contributed by atoms with van der Waals surface area (Å²) in [6.45, 7) is 1.51. The van der Waals surface area contributed by atoms with Crippen LogP contribution in [0.4, 0.5) is 0 Å². The van der Waals surface area contributed by atoms with Crippen LogP contribution in [0, 0.1) is 0 Å². The van der Waals surface area contributed by atoms with Gasteiger partial charge in [0.1, 0.15) is 5.76 Å². The standard InChI is InChI=1S/C10H12N2O2S/c1-13-10-12-7-9(15-10)6-11-5-8-3-2-4-14-8/h2-4,7,11H,5-6H2,1H3. The van der Waals surface area contributed by atoms with Crippen molar-refractivity contribution in [3.05, 3.63) is 35.2 Å². The van der Waals surface area contributed by atoms with Crippen molar-refractivity contribution in [3.8, 4) is 5.19 Å². The summed E-state index contributed by atoms with van der Waals surface area (Å²) in [5.41, 5.74) is 0. The monoisotopic (exact) mass is 224 g/mol. The van der Waals surface area contributed by atoms with E-state index in [0.29, 0.717) is 5.19 Å². The molecule has 0 aromatic carbocycles. The molecule has 0 fully saturated rings. The van der Waals surface area contributed by atoms with Crippen molar-refractivity contribution in [1.29, 1.82) is 0 Å². The van der Waals surface area contributed by atoms with Crippen LogP contribution in [0.5, 0.6) is 5.19 Å². The Morgan fingerprint density at radius 3 is 3.13 bits per heavy atom. The minimum atomic E-state index is 0.699. The van der Waals surface area contributed by atoms with Crippen molar-refractivity contribution in [2.45, 2.75) is 13.1 Å². The molecule has 0 unspecified atom stereocenters. The molecule has 80 valence electrons. The summed E-state index contributed by atoms with van der Waals surface area (Å²) in [6, 6.07) is 3.83. The second-order valence-electron chi connectivity index (χ2n) is 2.98. The van der Waals surface area contributed by atoms with Gasteiger partial charge in [0.15, 0.2) is 0 Å². The highest BCUT2D eigenvalue weighted by Crippen LogP contribution is 2.19. The molecule has 15 heavy (non-hydrogen) atoms. The largest absolute Gasteiger partial charge is 0.473 e. The fraction of sp³-hybridized carbons (Fsp3) is 0.300. The number of nitrogens with one attached hydrogen (secondary N) is 1. The Morgan fingerprint density at radius 2 is 2.47 bits per heavy atom. The van der Waals surface area contributed by atoms with E-state index in [-0.39, 0.29) is 0 Å². The molecule has 4 nitrogen and oxygen atoms in total. The number of furan rings is 1. The lowest BCUT2D eigenvalue weighted by atomic mass is 10.4. The van der Waals surface area contributed by atoms with E-state index in [4.69, 9.17) is 9.15 Å². The van der Waals surface area contributed by atoms with E-state index >= 15 is 0 Å². The van der Waals surface area contributed by atoms with E-state index < -0.39 is 0 Å². The van der Waals surface area contributed by atoms with Crippen LogP contribution in [0.1, 0.15) is 10.6 Å². The molecule has 0 amide bonds. The molecule has 2 rings (SSSR count). The zero-order valence-electron chi connectivity index (χ0n) is 8.40. The summed E-state index contributed by atoms with van der Waals surface area (Å²) in [4.78, 5) is 5.23. The highest BCUT2D eigenvalue weighted by atomic mass is 32.1. The van der Waals surface area contributed by atoms with Gasteiger partial charge in [-0.25, -0.2) is 4.98 Å². The fourth-order valence-electron chi connectivity index (χ4n) is 1.19. The molecule has 0 radical (unpaired) electrons. The van der Waals surface area contributed by atoms with Gasteiger partial charge in [0.25, 0.3) is 5.19 Å². The van der Waals surface area contributed by atoms with E-state index in [1.807, 2.05) is 18.3 Å². The lowest BCUT2D eigenvalue weighted by Gasteiger charge is -1.98. The van der Waals surface area contributed by atoms with Crippen LogP contribution in [0.15, 0.2) is 29.0 Å². The third-order valence-corrected chi connectivity index (χ3v) is 2.84.